The number of methoxy groups -OCH3 is 2. The zero-order valence-corrected chi connectivity index (χ0v) is 28.9. The average Bonchev–Trinajstić information content (AvgIpc) is 3.79. The van der Waals surface area contributed by atoms with E-state index in [0.29, 0.717) is 36.9 Å². The third-order valence-corrected chi connectivity index (χ3v) is 9.34. The lowest BCUT2D eigenvalue weighted by atomic mass is 9.80. The smallest absolute Gasteiger partial charge is 0.305 e. The van der Waals surface area contributed by atoms with Gasteiger partial charge in [0.1, 0.15) is 0 Å². The van der Waals surface area contributed by atoms with Crippen molar-refractivity contribution in [1.82, 2.24) is 0 Å². The molecule has 0 aliphatic carbocycles. The number of ether oxygens (including phenoxy) is 3. The summed E-state index contributed by atoms with van der Waals surface area (Å²) in [6.07, 6.45) is 36.8. The van der Waals surface area contributed by atoms with E-state index in [-0.39, 0.29) is 11.9 Å². The van der Waals surface area contributed by atoms with Gasteiger partial charge in [-0.1, -0.05) is 135 Å². The third-order valence-electron chi connectivity index (χ3n) is 9.34. The van der Waals surface area contributed by atoms with Crippen molar-refractivity contribution in [2.75, 3.05) is 14.2 Å². The molecule has 1 rings (SSSR count). The largest absolute Gasteiger partial charge is 0.469 e. The van der Waals surface area contributed by atoms with Gasteiger partial charge in [-0.2, -0.15) is 0 Å². The van der Waals surface area contributed by atoms with Crippen LogP contribution in [0.15, 0.2) is 12.2 Å². The topological polar surface area (TPSA) is 65.1 Å². The van der Waals surface area contributed by atoms with E-state index in [1.807, 2.05) is 0 Å². The third kappa shape index (κ3) is 21.9. The molecule has 0 aromatic carbocycles. The van der Waals surface area contributed by atoms with Crippen molar-refractivity contribution in [2.24, 2.45) is 11.8 Å². The van der Waals surface area contributed by atoms with Gasteiger partial charge in [-0.15, -0.1) is 0 Å². The first-order chi connectivity index (χ1) is 21.1. The molecule has 0 amide bonds. The van der Waals surface area contributed by atoms with Crippen molar-refractivity contribution in [1.29, 1.82) is 0 Å². The van der Waals surface area contributed by atoms with Crippen LogP contribution >= 0.6 is 0 Å². The number of unbranched alkanes of at least 4 members (excludes halogenated alkanes) is 17. The number of hydrogen-bond acceptors (Lipinski definition) is 5. The lowest BCUT2D eigenvalue weighted by Crippen LogP contribution is -2.21. The first-order valence-electron chi connectivity index (χ1n) is 18.5. The maximum Gasteiger partial charge on any atom is 0.305 e. The number of rotatable bonds is 31. The van der Waals surface area contributed by atoms with Crippen molar-refractivity contribution >= 4 is 11.9 Å². The first-order valence-corrected chi connectivity index (χ1v) is 18.5. The van der Waals surface area contributed by atoms with E-state index in [2.05, 4.69) is 26.0 Å². The molecule has 4 unspecified atom stereocenters. The molecule has 4 atom stereocenters. The van der Waals surface area contributed by atoms with Gasteiger partial charge in [-0.05, 0) is 56.8 Å². The SMILES string of the molecule is CCCCCCCCC1OC1C(CCCCCCC(=O)OC)C(C=CCCCCCCCC(=O)OC)CCCCCCC. The van der Waals surface area contributed by atoms with Crippen molar-refractivity contribution in [3.05, 3.63) is 12.2 Å². The summed E-state index contributed by atoms with van der Waals surface area (Å²) >= 11 is 0. The van der Waals surface area contributed by atoms with Gasteiger partial charge in [-0.3, -0.25) is 9.59 Å². The highest BCUT2D eigenvalue weighted by molar-refractivity contribution is 5.69. The molecule has 43 heavy (non-hydrogen) atoms. The Morgan fingerprint density at radius 3 is 1.70 bits per heavy atom. The molecule has 1 fully saturated rings. The minimum Gasteiger partial charge on any atom is -0.469 e. The van der Waals surface area contributed by atoms with Crippen molar-refractivity contribution < 1.29 is 23.8 Å². The van der Waals surface area contributed by atoms with Crippen molar-refractivity contribution in [3.8, 4) is 0 Å². The Balaban J connectivity index is 2.65. The van der Waals surface area contributed by atoms with E-state index in [4.69, 9.17) is 14.2 Å². The molecule has 5 nitrogen and oxygen atoms in total. The number of carbonyl (C=O) groups is 2. The molecule has 5 heteroatoms. The van der Waals surface area contributed by atoms with Crippen molar-refractivity contribution in [3.63, 3.8) is 0 Å². The number of carbonyl (C=O) groups excluding carboxylic acids is 2. The molecule has 0 spiro atoms. The molecule has 0 saturated carbocycles. The summed E-state index contributed by atoms with van der Waals surface area (Å²) in [6, 6.07) is 0. The maximum absolute atomic E-state index is 11.5. The Morgan fingerprint density at radius 2 is 1.12 bits per heavy atom. The quantitative estimate of drug-likeness (QED) is 0.0340. The van der Waals surface area contributed by atoms with E-state index in [9.17, 15) is 9.59 Å². The predicted molar refractivity (Wildman–Crippen MR) is 180 cm³/mol. The zero-order valence-electron chi connectivity index (χ0n) is 28.9. The second-order valence-corrected chi connectivity index (χ2v) is 13.1. The van der Waals surface area contributed by atoms with Crippen molar-refractivity contribution in [2.45, 2.75) is 193 Å². The molecule has 1 aliphatic heterocycles. The molecule has 1 saturated heterocycles. The molecular formula is C38H70O5. The molecule has 1 aliphatic rings. The van der Waals surface area contributed by atoms with Crippen LogP contribution in [0, 0.1) is 11.8 Å². The van der Waals surface area contributed by atoms with E-state index in [1.54, 1.807) is 0 Å². The number of epoxide rings is 1. The highest BCUT2D eigenvalue weighted by atomic mass is 16.6. The van der Waals surface area contributed by atoms with Gasteiger partial charge in [0.2, 0.25) is 0 Å². The lowest BCUT2D eigenvalue weighted by molar-refractivity contribution is -0.141. The number of esters is 2. The fourth-order valence-electron chi connectivity index (χ4n) is 6.49. The summed E-state index contributed by atoms with van der Waals surface area (Å²) < 4.78 is 16.0. The summed E-state index contributed by atoms with van der Waals surface area (Å²) in [5, 5.41) is 0. The molecule has 252 valence electrons. The van der Waals surface area contributed by atoms with Gasteiger partial charge in [-0.25, -0.2) is 0 Å². The fourth-order valence-corrected chi connectivity index (χ4v) is 6.49. The number of allylic oxidation sites excluding steroid dienone is 2. The maximum atomic E-state index is 11.5. The normalized spacial score (nSPS) is 17.7. The summed E-state index contributed by atoms with van der Waals surface area (Å²) in [4.78, 5) is 22.8. The summed E-state index contributed by atoms with van der Waals surface area (Å²) in [7, 11) is 2.95. The van der Waals surface area contributed by atoms with Gasteiger partial charge in [0.05, 0.1) is 26.4 Å². The van der Waals surface area contributed by atoms with Gasteiger partial charge in [0.25, 0.3) is 0 Å². The van der Waals surface area contributed by atoms with Crippen LogP contribution in [0.25, 0.3) is 0 Å². The minimum absolute atomic E-state index is 0.0868. The van der Waals surface area contributed by atoms with Crippen LogP contribution in [-0.4, -0.2) is 38.4 Å². The average molecular weight is 607 g/mol. The van der Waals surface area contributed by atoms with Gasteiger partial charge < -0.3 is 14.2 Å². The Labute approximate surface area is 266 Å². The summed E-state index contributed by atoms with van der Waals surface area (Å²) in [5.41, 5.74) is 0. The summed E-state index contributed by atoms with van der Waals surface area (Å²) in [5.74, 6) is 1.05. The van der Waals surface area contributed by atoms with Gasteiger partial charge >= 0.3 is 11.9 Å². The van der Waals surface area contributed by atoms with Crippen LogP contribution in [0.1, 0.15) is 181 Å². The zero-order chi connectivity index (χ0) is 31.4. The lowest BCUT2D eigenvalue weighted by Gasteiger charge is -2.24. The predicted octanol–water partition coefficient (Wildman–Crippen LogP) is 11.1. The van der Waals surface area contributed by atoms with E-state index < -0.39 is 0 Å². The Kier molecular flexibility index (Phi) is 26.0. The highest BCUT2D eigenvalue weighted by Crippen LogP contribution is 2.42. The Hall–Kier alpha value is -1.36. The van der Waals surface area contributed by atoms with Crippen LogP contribution < -0.4 is 0 Å². The van der Waals surface area contributed by atoms with E-state index in [0.717, 1.165) is 32.1 Å². The van der Waals surface area contributed by atoms with Crippen LogP contribution in [0.2, 0.25) is 0 Å². The second kappa shape index (κ2) is 28.1. The number of hydrogen-bond donors (Lipinski definition) is 0. The summed E-state index contributed by atoms with van der Waals surface area (Å²) in [6.45, 7) is 4.58. The van der Waals surface area contributed by atoms with Crippen LogP contribution in [0.5, 0.6) is 0 Å². The van der Waals surface area contributed by atoms with Crippen LogP contribution in [0.4, 0.5) is 0 Å². The highest BCUT2D eigenvalue weighted by Gasteiger charge is 2.45. The van der Waals surface area contributed by atoms with Gasteiger partial charge in [0.15, 0.2) is 0 Å². The van der Waals surface area contributed by atoms with Gasteiger partial charge in [0, 0.05) is 12.8 Å². The molecule has 1 heterocycles. The molecule has 0 N–H and O–H groups in total. The monoisotopic (exact) mass is 607 g/mol. The molecule has 0 radical (unpaired) electrons. The minimum atomic E-state index is -0.0896. The first kappa shape index (κ1) is 39.7. The molecule has 0 aromatic heterocycles. The molecular weight excluding hydrogens is 536 g/mol. The van der Waals surface area contributed by atoms with E-state index >= 15 is 0 Å². The van der Waals surface area contributed by atoms with E-state index in [1.165, 1.54) is 136 Å². The molecule has 0 aromatic rings. The molecule has 0 bridgehead atoms. The Morgan fingerprint density at radius 1 is 0.628 bits per heavy atom. The second-order valence-electron chi connectivity index (χ2n) is 13.1. The fraction of sp³-hybridized carbons (Fsp3) is 0.895. The standard InChI is InChI=1S/C38H70O5/c1-5-7-9-11-17-24-30-35-38(43-35)34(29-23-19-20-26-32-37(40)42-4)33(27-21-15-10-8-6-2)28-22-16-13-12-14-18-25-31-36(39)41-3/h22,28,33-35,38H,5-21,23-27,29-32H2,1-4H3. The van der Waals surface area contributed by atoms with Crippen LogP contribution in [0.3, 0.4) is 0 Å². The van der Waals surface area contributed by atoms with Crippen LogP contribution in [-0.2, 0) is 23.8 Å². The Bertz CT molecular complexity index is 690.